The Morgan fingerprint density at radius 1 is 0.523 bits per heavy atom. The normalized spacial score (nSPS) is 12.5. The molecule has 1 N–H and O–H groups in total. The third-order valence-electron chi connectivity index (χ3n) is 7.91. The van der Waals surface area contributed by atoms with Crippen molar-refractivity contribution in [2.45, 2.75) is 187 Å². The van der Waals surface area contributed by atoms with Crippen LogP contribution in [0.4, 0.5) is 0 Å². The number of aliphatic hydroxyl groups excluding tert-OH is 1. The lowest BCUT2D eigenvalue weighted by molar-refractivity contribution is -0.161. The van der Waals surface area contributed by atoms with Gasteiger partial charge in [-0.15, -0.1) is 0 Å². The molecule has 0 aliphatic carbocycles. The Hall–Kier alpha value is -1.88. The van der Waals surface area contributed by atoms with Gasteiger partial charge in [-0.3, -0.25) is 9.59 Å². The molecule has 0 radical (unpaired) electrons. The minimum Gasteiger partial charge on any atom is -0.462 e. The van der Waals surface area contributed by atoms with E-state index in [1.165, 1.54) is 96.3 Å². The van der Waals surface area contributed by atoms with E-state index in [4.69, 9.17) is 9.47 Å². The molecule has 0 spiro atoms. The Kier molecular flexibility index (Phi) is 34.1. The first-order valence-electron chi connectivity index (χ1n) is 18.5. The number of unbranched alkanes of at least 4 members (excludes halogenated alkanes) is 19. The maximum absolute atomic E-state index is 12.1. The minimum absolute atomic E-state index is 0.0757. The molecular formula is C39H70O5. The number of ether oxygens (including phenoxy) is 2. The molecule has 1 atom stereocenters. The first-order valence-corrected chi connectivity index (χ1v) is 18.5. The van der Waals surface area contributed by atoms with E-state index < -0.39 is 6.10 Å². The summed E-state index contributed by atoms with van der Waals surface area (Å²) in [6.07, 6.45) is 41.9. The number of hydrogen-bond acceptors (Lipinski definition) is 5. The molecule has 0 saturated heterocycles. The maximum Gasteiger partial charge on any atom is 0.306 e. The van der Waals surface area contributed by atoms with Crippen LogP contribution < -0.4 is 0 Å². The predicted molar refractivity (Wildman–Crippen MR) is 187 cm³/mol. The van der Waals surface area contributed by atoms with Crippen LogP contribution in [0, 0.1) is 0 Å². The molecule has 44 heavy (non-hydrogen) atoms. The topological polar surface area (TPSA) is 72.8 Å². The summed E-state index contributed by atoms with van der Waals surface area (Å²) in [5.41, 5.74) is 0. The summed E-state index contributed by atoms with van der Waals surface area (Å²) in [7, 11) is 0. The Bertz CT molecular complexity index is 711. The molecule has 0 aromatic carbocycles. The zero-order valence-electron chi connectivity index (χ0n) is 28.9. The molecular weight excluding hydrogens is 548 g/mol. The van der Waals surface area contributed by atoms with Crippen LogP contribution in [0.5, 0.6) is 0 Å². The molecule has 0 saturated carbocycles. The zero-order chi connectivity index (χ0) is 32.2. The molecule has 5 heteroatoms. The van der Waals surface area contributed by atoms with Crippen molar-refractivity contribution in [3.8, 4) is 0 Å². The minimum atomic E-state index is -0.779. The third kappa shape index (κ3) is 33.0. The van der Waals surface area contributed by atoms with Gasteiger partial charge < -0.3 is 14.6 Å². The van der Waals surface area contributed by atoms with Crippen molar-refractivity contribution in [2.24, 2.45) is 0 Å². The lowest BCUT2D eigenvalue weighted by atomic mass is 10.1. The number of carbonyl (C=O) groups excluding carboxylic acids is 2. The molecule has 0 aromatic rings. The van der Waals surface area contributed by atoms with Crippen LogP contribution in [-0.2, 0) is 19.1 Å². The van der Waals surface area contributed by atoms with Crippen LogP contribution in [0.3, 0.4) is 0 Å². The fourth-order valence-corrected chi connectivity index (χ4v) is 5.05. The van der Waals surface area contributed by atoms with Crippen LogP contribution in [0.15, 0.2) is 36.5 Å². The average Bonchev–Trinajstić information content (AvgIpc) is 3.02. The first kappa shape index (κ1) is 42.1. The fraction of sp³-hybridized carbons (Fsp3) is 0.795. The van der Waals surface area contributed by atoms with Crippen molar-refractivity contribution >= 4 is 11.9 Å². The molecule has 5 nitrogen and oxygen atoms in total. The monoisotopic (exact) mass is 619 g/mol. The van der Waals surface area contributed by atoms with E-state index in [9.17, 15) is 14.7 Å². The van der Waals surface area contributed by atoms with Gasteiger partial charge in [-0.05, 0) is 70.6 Å². The number of hydrogen-bond donors (Lipinski definition) is 1. The second kappa shape index (κ2) is 35.6. The highest BCUT2D eigenvalue weighted by atomic mass is 16.6. The van der Waals surface area contributed by atoms with Crippen LogP contribution >= 0.6 is 0 Å². The van der Waals surface area contributed by atoms with Gasteiger partial charge in [-0.25, -0.2) is 0 Å². The van der Waals surface area contributed by atoms with Crippen LogP contribution in [-0.4, -0.2) is 36.4 Å². The first-order chi connectivity index (χ1) is 21.6. The van der Waals surface area contributed by atoms with Crippen LogP contribution in [0.2, 0.25) is 0 Å². The largest absolute Gasteiger partial charge is 0.462 e. The Morgan fingerprint density at radius 3 is 1.41 bits per heavy atom. The SMILES string of the molecule is CCCCC/C=C\C/C=C\CCCCCCCC(=O)OC[C@H](CO)OC(=O)CCCCCCC/C=C\CCCCCCCC. The lowest BCUT2D eigenvalue weighted by Crippen LogP contribution is -2.28. The Labute approximate surface area is 272 Å². The number of allylic oxidation sites excluding steroid dienone is 6. The summed E-state index contributed by atoms with van der Waals surface area (Å²) >= 11 is 0. The van der Waals surface area contributed by atoms with Gasteiger partial charge in [-0.2, -0.15) is 0 Å². The fourth-order valence-electron chi connectivity index (χ4n) is 5.05. The number of aliphatic hydroxyl groups is 1. The van der Waals surface area contributed by atoms with E-state index in [2.05, 4.69) is 50.3 Å². The average molecular weight is 619 g/mol. The highest BCUT2D eigenvalue weighted by molar-refractivity contribution is 5.70. The molecule has 0 rings (SSSR count). The zero-order valence-corrected chi connectivity index (χ0v) is 28.9. The van der Waals surface area contributed by atoms with E-state index >= 15 is 0 Å². The molecule has 0 amide bonds. The van der Waals surface area contributed by atoms with Gasteiger partial charge in [0.1, 0.15) is 6.61 Å². The van der Waals surface area contributed by atoms with Crippen LogP contribution in [0.25, 0.3) is 0 Å². The van der Waals surface area contributed by atoms with Gasteiger partial charge in [0.25, 0.3) is 0 Å². The van der Waals surface area contributed by atoms with Crippen molar-refractivity contribution < 1.29 is 24.2 Å². The van der Waals surface area contributed by atoms with E-state index in [0.717, 1.165) is 57.8 Å². The van der Waals surface area contributed by atoms with E-state index in [1.54, 1.807) is 0 Å². The second-order valence-corrected chi connectivity index (χ2v) is 12.3. The standard InChI is InChI=1S/C39H70O5/c1-3-5-7-9-11-13-15-17-19-21-23-25-27-29-31-33-38(41)43-36-37(35-40)44-39(42)34-32-30-28-26-24-22-20-18-16-14-12-10-8-6-4-2/h11,13,17-20,37,40H,3-10,12,14-16,21-36H2,1-2H3/b13-11-,19-17-,20-18-/t37-/m0/s1. The van der Waals surface area contributed by atoms with Crippen LogP contribution in [0.1, 0.15) is 181 Å². The Morgan fingerprint density at radius 2 is 0.909 bits per heavy atom. The molecule has 0 heterocycles. The summed E-state index contributed by atoms with van der Waals surface area (Å²) in [5, 5.41) is 9.53. The molecule has 0 aliphatic heterocycles. The van der Waals surface area contributed by atoms with Crippen molar-refractivity contribution in [1.82, 2.24) is 0 Å². The van der Waals surface area contributed by atoms with E-state index in [0.29, 0.717) is 12.8 Å². The van der Waals surface area contributed by atoms with Gasteiger partial charge in [0.05, 0.1) is 6.61 Å². The molecule has 256 valence electrons. The highest BCUT2D eigenvalue weighted by Crippen LogP contribution is 2.12. The quantitative estimate of drug-likeness (QED) is 0.0450. The summed E-state index contributed by atoms with van der Waals surface area (Å²) in [4.78, 5) is 24.2. The van der Waals surface area contributed by atoms with Crippen molar-refractivity contribution in [2.75, 3.05) is 13.2 Å². The van der Waals surface area contributed by atoms with Gasteiger partial charge in [0.2, 0.25) is 0 Å². The summed E-state index contributed by atoms with van der Waals surface area (Å²) in [5.74, 6) is -0.617. The summed E-state index contributed by atoms with van der Waals surface area (Å²) in [6.45, 7) is 4.08. The highest BCUT2D eigenvalue weighted by Gasteiger charge is 2.16. The Balaban J connectivity index is 3.61. The number of rotatable bonds is 33. The second-order valence-electron chi connectivity index (χ2n) is 12.3. The van der Waals surface area contributed by atoms with Gasteiger partial charge >= 0.3 is 11.9 Å². The molecule has 0 bridgehead atoms. The molecule has 0 unspecified atom stereocenters. The van der Waals surface area contributed by atoms with Crippen molar-refractivity contribution in [3.05, 3.63) is 36.5 Å². The molecule has 0 fully saturated rings. The van der Waals surface area contributed by atoms with Gasteiger partial charge in [0, 0.05) is 12.8 Å². The van der Waals surface area contributed by atoms with Gasteiger partial charge in [0.15, 0.2) is 6.10 Å². The predicted octanol–water partition coefficient (Wildman–Crippen LogP) is 11.3. The smallest absolute Gasteiger partial charge is 0.306 e. The maximum atomic E-state index is 12.1. The van der Waals surface area contributed by atoms with E-state index in [1.807, 2.05) is 0 Å². The van der Waals surface area contributed by atoms with Gasteiger partial charge in [-0.1, -0.05) is 134 Å². The number of carbonyl (C=O) groups is 2. The molecule has 0 aliphatic rings. The molecule has 0 aromatic heterocycles. The van der Waals surface area contributed by atoms with Crippen molar-refractivity contribution in [1.29, 1.82) is 0 Å². The van der Waals surface area contributed by atoms with Crippen molar-refractivity contribution in [3.63, 3.8) is 0 Å². The summed E-state index contributed by atoms with van der Waals surface area (Å²) < 4.78 is 10.6. The number of esters is 2. The summed E-state index contributed by atoms with van der Waals surface area (Å²) in [6, 6.07) is 0. The lowest BCUT2D eigenvalue weighted by Gasteiger charge is -2.15. The van der Waals surface area contributed by atoms with E-state index in [-0.39, 0.29) is 25.2 Å². The third-order valence-corrected chi connectivity index (χ3v) is 7.91.